The van der Waals surface area contributed by atoms with Gasteiger partial charge in [0, 0.05) is 18.3 Å². The molecule has 1 aromatic rings. The molecule has 0 aliphatic rings. The molecule has 0 amide bonds. The van der Waals surface area contributed by atoms with E-state index < -0.39 is 0 Å². The number of anilines is 1. The molecule has 0 spiro atoms. The van der Waals surface area contributed by atoms with Gasteiger partial charge in [-0.05, 0) is 34.0 Å². The van der Waals surface area contributed by atoms with Crippen LogP contribution in [0.3, 0.4) is 0 Å². The van der Waals surface area contributed by atoms with Gasteiger partial charge in [0.1, 0.15) is 0 Å². The molecule has 0 aliphatic heterocycles. The van der Waals surface area contributed by atoms with E-state index in [1.54, 1.807) is 19.4 Å². The van der Waals surface area contributed by atoms with Crippen molar-refractivity contribution in [2.45, 2.75) is 19.4 Å². The van der Waals surface area contributed by atoms with Crippen LogP contribution in [0.1, 0.15) is 13.3 Å². The molecule has 1 unspecified atom stereocenters. The molecule has 16 heavy (non-hydrogen) atoms. The van der Waals surface area contributed by atoms with E-state index in [4.69, 9.17) is 4.74 Å². The highest BCUT2D eigenvalue weighted by atomic mass is 16.5. The van der Waals surface area contributed by atoms with Gasteiger partial charge in [-0.2, -0.15) is 4.98 Å². The number of aromatic nitrogens is 2. The Bertz CT molecular complexity index is 317. The van der Waals surface area contributed by atoms with Crippen LogP contribution in [0.15, 0.2) is 12.3 Å². The van der Waals surface area contributed by atoms with Crippen molar-refractivity contribution in [3.8, 4) is 5.88 Å². The smallest absolute Gasteiger partial charge is 0.226 e. The summed E-state index contributed by atoms with van der Waals surface area (Å²) in [5.74, 6) is 1.20. The summed E-state index contributed by atoms with van der Waals surface area (Å²) in [7, 11) is 5.73. The maximum absolute atomic E-state index is 5.04. The van der Waals surface area contributed by atoms with Crippen LogP contribution in [0.25, 0.3) is 0 Å². The zero-order valence-electron chi connectivity index (χ0n) is 10.4. The number of ether oxygens (including phenoxy) is 1. The van der Waals surface area contributed by atoms with E-state index in [0.717, 1.165) is 13.0 Å². The topological polar surface area (TPSA) is 50.3 Å². The maximum Gasteiger partial charge on any atom is 0.226 e. The minimum Gasteiger partial charge on any atom is -0.481 e. The van der Waals surface area contributed by atoms with Gasteiger partial charge in [-0.15, -0.1) is 0 Å². The number of hydrogen-bond donors (Lipinski definition) is 1. The predicted octanol–water partition coefficient (Wildman–Crippen LogP) is 1.24. The van der Waals surface area contributed by atoms with Crippen molar-refractivity contribution in [1.29, 1.82) is 0 Å². The summed E-state index contributed by atoms with van der Waals surface area (Å²) in [4.78, 5) is 10.5. The van der Waals surface area contributed by atoms with E-state index in [0.29, 0.717) is 17.9 Å². The van der Waals surface area contributed by atoms with E-state index in [2.05, 4.69) is 41.2 Å². The van der Waals surface area contributed by atoms with Crippen molar-refractivity contribution in [3.05, 3.63) is 12.3 Å². The quantitative estimate of drug-likeness (QED) is 0.787. The maximum atomic E-state index is 5.04. The van der Waals surface area contributed by atoms with Crippen LogP contribution < -0.4 is 10.1 Å². The molecule has 1 heterocycles. The van der Waals surface area contributed by atoms with Crippen LogP contribution >= 0.6 is 0 Å². The largest absolute Gasteiger partial charge is 0.481 e. The molecule has 0 saturated heterocycles. The molecule has 1 rings (SSSR count). The third kappa shape index (κ3) is 4.44. The molecule has 0 saturated carbocycles. The van der Waals surface area contributed by atoms with Gasteiger partial charge in [0.2, 0.25) is 11.8 Å². The van der Waals surface area contributed by atoms with Crippen molar-refractivity contribution in [2.75, 3.05) is 33.1 Å². The summed E-state index contributed by atoms with van der Waals surface area (Å²) in [6.45, 7) is 3.16. The average Bonchev–Trinajstić information content (AvgIpc) is 2.26. The summed E-state index contributed by atoms with van der Waals surface area (Å²) in [6.07, 6.45) is 2.74. The lowest BCUT2D eigenvalue weighted by Crippen LogP contribution is -2.23. The second-order valence-electron chi connectivity index (χ2n) is 4.06. The molecule has 1 atom stereocenters. The lowest BCUT2D eigenvalue weighted by atomic mass is 10.2. The lowest BCUT2D eigenvalue weighted by Gasteiger charge is -2.16. The van der Waals surface area contributed by atoms with Crippen LogP contribution in [0.5, 0.6) is 5.88 Å². The van der Waals surface area contributed by atoms with Crippen LogP contribution in [0, 0.1) is 0 Å². The number of hydrogen-bond acceptors (Lipinski definition) is 5. The second-order valence-corrected chi connectivity index (χ2v) is 4.06. The first-order valence-electron chi connectivity index (χ1n) is 5.40. The predicted molar refractivity (Wildman–Crippen MR) is 64.8 cm³/mol. The number of nitrogens with one attached hydrogen (secondary N) is 1. The van der Waals surface area contributed by atoms with E-state index in [-0.39, 0.29) is 0 Å². The first kappa shape index (κ1) is 12.7. The molecule has 5 heteroatoms. The third-order valence-corrected chi connectivity index (χ3v) is 2.22. The Morgan fingerprint density at radius 3 is 2.88 bits per heavy atom. The van der Waals surface area contributed by atoms with Gasteiger partial charge in [-0.3, -0.25) is 0 Å². The van der Waals surface area contributed by atoms with E-state index in [9.17, 15) is 0 Å². The van der Waals surface area contributed by atoms with Gasteiger partial charge < -0.3 is 15.0 Å². The van der Waals surface area contributed by atoms with Crippen molar-refractivity contribution in [3.63, 3.8) is 0 Å². The van der Waals surface area contributed by atoms with Crippen LogP contribution in [0.2, 0.25) is 0 Å². The number of methoxy groups -OCH3 is 1. The van der Waals surface area contributed by atoms with Crippen LogP contribution in [-0.4, -0.2) is 48.7 Å². The van der Waals surface area contributed by atoms with Gasteiger partial charge in [0.25, 0.3) is 0 Å². The monoisotopic (exact) mass is 224 g/mol. The highest BCUT2D eigenvalue weighted by molar-refractivity contribution is 5.28. The molecular formula is C11H20N4O. The summed E-state index contributed by atoms with van der Waals surface area (Å²) in [5, 5.41) is 3.24. The first-order chi connectivity index (χ1) is 7.61. The van der Waals surface area contributed by atoms with E-state index >= 15 is 0 Å². The highest BCUT2D eigenvalue weighted by Crippen LogP contribution is 2.09. The van der Waals surface area contributed by atoms with Gasteiger partial charge in [-0.1, -0.05) is 0 Å². The zero-order valence-corrected chi connectivity index (χ0v) is 10.4. The Morgan fingerprint density at radius 1 is 1.50 bits per heavy atom. The van der Waals surface area contributed by atoms with Gasteiger partial charge >= 0.3 is 0 Å². The number of nitrogens with zero attached hydrogens (tertiary/aromatic N) is 3. The normalized spacial score (nSPS) is 12.6. The molecule has 0 aliphatic carbocycles. The SMILES string of the molecule is COc1ccnc(NC(C)CCN(C)C)n1. The Labute approximate surface area is 96.8 Å². The minimum atomic E-state index is 0.342. The average molecular weight is 224 g/mol. The van der Waals surface area contributed by atoms with E-state index in [1.165, 1.54) is 0 Å². The van der Waals surface area contributed by atoms with Gasteiger partial charge in [-0.25, -0.2) is 4.98 Å². The molecule has 90 valence electrons. The van der Waals surface area contributed by atoms with Crippen molar-refractivity contribution in [2.24, 2.45) is 0 Å². The van der Waals surface area contributed by atoms with Gasteiger partial charge in [0.15, 0.2) is 0 Å². The van der Waals surface area contributed by atoms with Crippen LogP contribution in [0.4, 0.5) is 5.95 Å². The minimum absolute atomic E-state index is 0.342. The molecule has 1 N–H and O–H groups in total. The number of rotatable bonds is 6. The standard InChI is InChI=1S/C11H20N4O/c1-9(6-8-15(2)3)13-11-12-7-5-10(14-11)16-4/h5,7,9H,6,8H2,1-4H3,(H,12,13,14). The fraction of sp³-hybridized carbons (Fsp3) is 0.636. The van der Waals surface area contributed by atoms with Crippen molar-refractivity contribution in [1.82, 2.24) is 14.9 Å². The summed E-state index contributed by atoms with van der Waals surface area (Å²) in [6, 6.07) is 2.07. The summed E-state index contributed by atoms with van der Waals surface area (Å²) >= 11 is 0. The Kier molecular flexibility index (Phi) is 4.98. The third-order valence-electron chi connectivity index (χ3n) is 2.22. The Balaban J connectivity index is 2.45. The molecule has 0 radical (unpaired) electrons. The molecule has 0 fully saturated rings. The zero-order chi connectivity index (χ0) is 12.0. The lowest BCUT2D eigenvalue weighted by molar-refractivity contribution is 0.388. The van der Waals surface area contributed by atoms with E-state index in [1.807, 2.05) is 0 Å². The Morgan fingerprint density at radius 2 is 2.25 bits per heavy atom. The summed E-state index contributed by atoms with van der Waals surface area (Å²) < 4.78 is 5.04. The van der Waals surface area contributed by atoms with Crippen molar-refractivity contribution < 1.29 is 4.74 Å². The fourth-order valence-electron chi connectivity index (χ4n) is 1.27. The molecule has 5 nitrogen and oxygen atoms in total. The van der Waals surface area contributed by atoms with Crippen LogP contribution in [-0.2, 0) is 0 Å². The molecule has 0 aromatic carbocycles. The highest BCUT2D eigenvalue weighted by Gasteiger charge is 2.05. The molecule has 1 aromatic heterocycles. The first-order valence-corrected chi connectivity index (χ1v) is 5.40. The fourth-order valence-corrected chi connectivity index (χ4v) is 1.27. The Hall–Kier alpha value is -1.36. The summed E-state index contributed by atoms with van der Waals surface area (Å²) in [5.41, 5.74) is 0. The van der Waals surface area contributed by atoms with Crippen molar-refractivity contribution >= 4 is 5.95 Å². The van der Waals surface area contributed by atoms with Gasteiger partial charge in [0.05, 0.1) is 7.11 Å². The second kappa shape index (κ2) is 6.27. The molecular weight excluding hydrogens is 204 g/mol. The molecule has 0 bridgehead atoms.